The SMILES string of the molecule is COC(=O)c1nn(-c2ccccc2)c(O)c1C=Nc1cc(C(C)(C)C)ccc1O.Cc1nn(-c2ccccc2)c(O)c1C=Nc1cc(C(C)(C)C)ccc1O.[Co]. The van der Waals surface area contributed by atoms with Crippen LogP contribution in [-0.4, -0.2) is 65.5 Å². The molecule has 0 saturated heterocycles. The van der Waals surface area contributed by atoms with Crippen LogP contribution in [0.4, 0.5) is 11.4 Å². The molecule has 12 nitrogen and oxygen atoms in total. The number of nitrogens with zero attached hydrogens (tertiary/aromatic N) is 6. The van der Waals surface area contributed by atoms with Gasteiger partial charge in [-0.25, -0.2) is 9.48 Å². The molecule has 4 N–H and O–H groups in total. The zero-order valence-corrected chi connectivity index (χ0v) is 33.6. The van der Waals surface area contributed by atoms with Crippen LogP contribution in [0.5, 0.6) is 23.3 Å². The smallest absolute Gasteiger partial charge is 0.359 e. The number of aromatic hydroxyl groups is 4. The van der Waals surface area contributed by atoms with Gasteiger partial charge in [0.15, 0.2) is 5.69 Å². The van der Waals surface area contributed by atoms with Gasteiger partial charge in [0.05, 0.1) is 35.3 Å². The molecule has 6 aromatic rings. The summed E-state index contributed by atoms with van der Waals surface area (Å²) in [6.45, 7) is 14.3. The normalized spacial score (nSPS) is 11.6. The average molecular weight is 802 g/mol. The van der Waals surface area contributed by atoms with Crippen LogP contribution in [0.3, 0.4) is 0 Å². The van der Waals surface area contributed by atoms with Crippen LogP contribution in [-0.2, 0) is 32.3 Å². The Kier molecular flexibility index (Phi) is 13.3. The van der Waals surface area contributed by atoms with E-state index in [0.717, 1.165) is 16.8 Å². The fourth-order valence-corrected chi connectivity index (χ4v) is 5.42. The Labute approximate surface area is 336 Å². The predicted molar refractivity (Wildman–Crippen MR) is 215 cm³/mol. The maximum atomic E-state index is 12.2. The van der Waals surface area contributed by atoms with E-state index in [1.807, 2.05) is 61.5 Å². The molecule has 6 rings (SSSR count). The van der Waals surface area contributed by atoms with Crippen molar-refractivity contribution >= 4 is 29.8 Å². The summed E-state index contributed by atoms with van der Waals surface area (Å²) in [5, 5.41) is 50.1. The third-order valence-corrected chi connectivity index (χ3v) is 8.71. The van der Waals surface area contributed by atoms with Gasteiger partial charge >= 0.3 is 5.97 Å². The molecule has 4 aromatic carbocycles. The van der Waals surface area contributed by atoms with E-state index in [9.17, 15) is 25.2 Å². The van der Waals surface area contributed by atoms with Crippen molar-refractivity contribution in [2.75, 3.05) is 7.11 Å². The number of benzene rings is 4. The number of hydrogen-bond donors (Lipinski definition) is 4. The molecule has 1 radical (unpaired) electrons. The van der Waals surface area contributed by atoms with Crippen molar-refractivity contribution in [2.45, 2.75) is 59.3 Å². The number of aliphatic imine (C=N–C) groups is 2. The quantitative estimate of drug-likeness (QED) is 0.0918. The van der Waals surface area contributed by atoms with E-state index in [1.165, 1.54) is 22.7 Å². The van der Waals surface area contributed by atoms with Gasteiger partial charge in [-0.15, -0.1) is 0 Å². The van der Waals surface area contributed by atoms with Crippen molar-refractivity contribution in [3.05, 3.63) is 131 Å². The first-order valence-electron chi connectivity index (χ1n) is 17.5. The van der Waals surface area contributed by atoms with E-state index in [2.05, 4.69) is 61.7 Å². The summed E-state index contributed by atoms with van der Waals surface area (Å²) < 4.78 is 7.49. The van der Waals surface area contributed by atoms with Gasteiger partial charge in [-0.2, -0.15) is 14.9 Å². The standard InChI is InChI=1S/C22H23N3O4.C21H23N3O2.Co/c1-22(2,3)14-10-11-18(26)17(12-14)23-13-16-19(21(28)29-4)24-25(20(16)27)15-8-6-5-7-9-15;1-14-17(20(26)24(23-14)16-8-6-5-7-9-16)13-22-18-12-15(21(2,3)4)10-11-19(18)25;/h5-13,26-27H,1-4H3;5-13,25-26H,1-4H3;. The van der Waals surface area contributed by atoms with Gasteiger partial charge in [-0.05, 0) is 77.4 Å². The molecule has 0 saturated carbocycles. The second-order valence-corrected chi connectivity index (χ2v) is 14.8. The number of phenols is 2. The van der Waals surface area contributed by atoms with Crippen molar-refractivity contribution in [3.63, 3.8) is 0 Å². The van der Waals surface area contributed by atoms with E-state index in [0.29, 0.717) is 28.3 Å². The number of esters is 1. The molecule has 0 bridgehead atoms. The average Bonchev–Trinajstić information content (AvgIpc) is 3.64. The van der Waals surface area contributed by atoms with E-state index in [-0.39, 0.29) is 62.1 Å². The van der Waals surface area contributed by atoms with Gasteiger partial charge in [0.1, 0.15) is 22.9 Å². The second kappa shape index (κ2) is 17.5. The molecule has 0 spiro atoms. The summed E-state index contributed by atoms with van der Waals surface area (Å²) in [6, 6.07) is 28.9. The summed E-state index contributed by atoms with van der Waals surface area (Å²) in [4.78, 5) is 20.9. The maximum Gasteiger partial charge on any atom is 0.359 e. The van der Waals surface area contributed by atoms with Gasteiger partial charge in [0, 0.05) is 29.2 Å². The fourth-order valence-electron chi connectivity index (χ4n) is 5.42. The van der Waals surface area contributed by atoms with Crippen LogP contribution in [0.1, 0.15) is 80.0 Å². The zero-order valence-electron chi connectivity index (χ0n) is 32.5. The van der Waals surface area contributed by atoms with Crippen LogP contribution in [0.25, 0.3) is 11.4 Å². The number of carbonyl (C=O) groups excluding carboxylic acids is 1. The predicted octanol–water partition coefficient (Wildman–Crippen LogP) is 8.76. The summed E-state index contributed by atoms with van der Waals surface area (Å²) in [6.07, 6.45) is 2.84. The molecule has 56 heavy (non-hydrogen) atoms. The number of hydrogen-bond acceptors (Lipinski definition) is 10. The number of phenolic OH excluding ortho intramolecular Hbond substituents is 2. The van der Waals surface area contributed by atoms with Gasteiger partial charge in [-0.3, -0.25) is 9.98 Å². The van der Waals surface area contributed by atoms with Crippen molar-refractivity contribution in [1.29, 1.82) is 0 Å². The number of methoxy groups -OCH3 is 1. The minimum Gasteiger partial charge on any atom is -0.506 e. The molecule has 293 valence electrons. The summed E-state index contributed by atoms with van der Waals surface area (Å²) in [5.74, 6) is -0.856. The molecular weight excluding hydrogens is 755 g/mol. The van der Waals surface area contributed by atoms with Crippen molar-refractivity contribution in [2.24, 2.45) is 9.98 Å². The maximum absolute atomic E-state index is 12.2. The van der Waals surface area contributed by atoms with E-state index in [1.54, 1.807) is 48.7 Å². The molecule has 0 fully saturated rings. The second-order valence-electron chi connectivity index (χ2n) is 14.8. The molecular formula is C43H46CoN6O6. The number of aromatic nitrogens is 4. The minimum atomic E-state index is -0.705. The van der Waals surface area contributed by atoms with E-state index < -0.39 is 5.97 Å². The van der Waals surface area contributed by atoms with Crippen LogP contribution < -0.4 is 0 Å². The molecule has 0 unspecified atom stereocenters. The first-order chi connectivity index (χ1) is 26.0. The number of carbonyl (C=O) groups is 1. The number of aryl methyl sites for hydroxylation is 1. The monoisotopic (exact) mass is 801 g/mol. The van der Waals surface area contributed by atoms with E-state index >= 15 is 0 Å². The molecule has 13 heteroatoms. The van der Waals surface area contributed by atoms with Crippen LogP contribution in [0, 0.1) is 6.92 Å². The van der Waals surface area contributed by atoms with Crippen molar-refractivity contribution < 1.29 is 46.7 Å². The number of rotatable bonds is 7. The van der Waals surface area contributed by atoms with Crippen molar-refractivity contribution in [1.82, 2.24) is 19.6 Å². The number of para-hydroxylation sites is 2. The van der Waals surface area contributed by atoms with Gasteiger partial charge < -0.3 is 25.2 Å². The zero-order chi connectivity index (χ0) is 40.1. The molecule has 2 aromatic heterocycles. The third kappa shape index (κ3) is 9.72. The Balaban J connectivity index is 0.000000246. The topological polar surface area (TPSA) is 168 Å². The van der Waals surface area contributed by atoms with Crippen LogP contribution in [0.2, 0.25) is 0 Å². The van der Waals surface area contributed by atoms with Gasteiger partial charge in [0.2, 0.25) is 11.8 Å². The van der Waals surface area contributed by atoms with Gasteiger partial charge in [-0.1, -0.05) is 90.1 Å². The molecule has 2 heterocycles. The Morgan fingerprint density at radius 1 is 0.643 bits per heavy atom. The molecule has 0 atom stereocenters. The summed E-state index contributed by atoms with van der Waals surface area (Å²) in [7, 11) is 1.24. The Bertz CT molecular complexity index is 2350. The number of ether oxygens (including phenoxy) is 1. The largest absolute Gasteiger partial charge is 0.506 e. The molecule has 0 aliphatic rings. The van der Waals surface area contributed by atoms with Crippen LogP contribution >= 0.6 is 0 Å². The minimum absolute atomic E-state index is 0. The third-order valence-electron chi connectivity index (χ3n) is 8.71. The summed E-state index contributed by atoms with van der Waals surface area (Å²) in [5.41, 5.74) is 5.20. The summed E-state index contributed by atoms with van der Waals surface area (Å²) >= 11 is 0. The Hall–Kier alpha value is -6.18. The first kappa shape index (κ1) is 42.6. The fraction of sp³-hybridized carbons (Fsp3) is 0.233. The van der Waals surface area contributed by atoms with Gasteiger partial charge in [0.25, 0.3) is 0 Å². The first-order valence-corrected chi connectivity index (χ1v) is 17.5. The molecule has 0 aliphatic carbocycles. The van der Waals surface area contributed by atoms with Crippen molar-refractivity contribution in [3.8, 4) is 34.6 Å². The van der Waals surface area contributed by atoms with Crippen LogP contribution in [0.15, 0.2) is 107 Å². The Morgan fingerprint density at radius 2 is 1.05 bits per heavy atom. The van der Waals surface area contributed by atoms with E-state index in [4.69, 9.17) is 4.74 Å². The molecule has 0 amide bonds. The Morgan fingerprint density at radius 3 is 1.48 bits per heavy atom. The molecule has 0 aliphatic heterocycles.